The summed E-state index contributed by atoms with van der Waals surface area (Å²) in [5.41, 5.74) is 1.64. The van der Waals surface area contributed by atoms with Crippen LogP contribution in [0.1, 0.15) is 11.1 Å². The zero-order valence-corrected chi connectivity index (χ0v) is 22.8. The summed E-state index contributed by atoms with van der Waals surface area (Å²) in [5.74, 6) is 0.247. The number of ether oxygens (including phenoxy) is 3. The molecular formula is C24H22Br2N2O6S. The van der Waals surface area contributed by atoms with Gasteiger partial charge < -0.3 is 19.1 Å². The van der Waals surface area contributed by atoms with E-state index >= 15 is 0 Å². The van der Waals surface area contributed by atoms with Crippen LogP contribution in [0.5, 0.6) is 11.5 Å². The van der Waals surface area contributed by atoms with Crippen molar-refractivity contribution < 1.29 is 28.6 Å². The molecule has 0 bridgehead atoms. The van der Waals surface area contributed by atoms with Crippen molar-refractivity contribution in [3.05, 3.63) is 61.4 Å². The molecule has 0 atom stereocenters. The van der Waals surface area contributed by atoms with Gasteiger partial charge >= 0.3 is 0 Å². The summed E-state index contributed by atoms with van der Waals surface area (Å²) in [5, 5.41) is -0.472. The van der Waals surface area contributed by atoms with Crippen LogP contribution in [0.15, 0.2) is 50.2 Å². The first-order chi connectivity index (χ1) is 16.9. The lowest BCUT2D eigenvalue weighted by Gasteiger charge is -2.28. The molecular weight excluding hydrogens is 604 g/mol. The lowest BCUT2D eigenvalue weighted by Crippen LogP contribution is -2.46. The summed E-state index contributed by atoms with van der Waals surface area (Å²) < 4.78 is 18.3. The molecule has 2 aliphatic rings. The molecule has 0 unspecified atom stereocenters. The number of hydrogen-bond acceptors (Lipinski definition) is 7. The quantitative estimate of drug-likeness (QED) is 0.413. The number of carbonyl (C=O) groups is 3. The summed E-state index contributed by atoms with van der Waals surface area (Å²) in [6.45, 7) is 1.88. The number of morpholine rings is 1. The van der Waals surface area contributed by atoms with Crippen molar-refractivity contribution in [1.82, 2.24) is 9.80 Å². The molecule has 0 saturated carbocycles. The number of halogens is 2. The predicted octanol–water partition coefficient (Wildman–Crippen LogP) is 4.69. The van der Waals surface area contributed by atoms with Crippen molar-refractivity contribution in [3.8, 4) is 11.5 Å². The largest absolute Gasteiger partial charge is 0.493 e. The SMILES string of the molecule is COc1cc(/C=C2/SC(=O)N(CC(=O)N3CCOCC3)C2=O)c(Br)cc1OCc1ccc(Br)cc1. The molecule has 0 radical (unpaired) electrons. The third kappa shape index (κ3) is 6.27. The van der Waals surface area contributed by atoms with Gasteiger partial charge in [0.2, 0.25) is 5.91 Å². The Hall–Kier alpha value is -2.34. The monoisotopic (exact) mass is 624 g/mol. The van der Waals surface area contributed by atoms with Gasteiger partial charge in [-0.3, -0.25) is 19.3 Å². The molecule has 4 rings (SSSR count). The van der Waals surface area contributed by atoms with E-state index in [1.54, 1.807) is 23.1 Å². The molecule has 8 nitrogen and oxygen atoms in total. The van der Waals surface area contributed by atoms with Gasteiger partial charge in [-0.1, -0.05) is 44.0 Å². The normalized spacial score (nSPS) is 17.3. The smallest absolute Gasteiger partial charge is 0.294 e. The number of thioether (sulfide) groups is 1. The molecule has 35 heavy (non-hydrogen) atoms. The van der Waals surface area contributed by atoms with E-state index in [-0.39, 0.29) is 17.4 Å². The van der Waals surface area contributed by atoms with Gasteiger partial charge in [-0.05, 0) is 53.2 Å². The Morgan fingerprint density at radius 3 is 2.51 bits per heavy atom. The number of nitrogens with zero attached hydrogens (tertiary/aromatic N) is 2. The second-order valence-corrected chi connectivity index (χ2v) is 10.5. The van der Waals surface area contributed by atoms with Gasteiger partial charge in [0.15, 0.2) is 11.5 Å². The summed E-state index contributed by atoms with van der Waals surface area (Å²) in [6.07, 6.45) is 1.61. The lowest BCUT2D eigenvalue weighted by molar-refractivity contribution is -0.139. The van der Waals surface area contributed by atoms with Gasteiger partial charge in [0, 0.05) is 22.0 Å². The van der Waals surface area contributed by atoms with Gasteiger partial charge in [0.25, 0.3) is 11.1 Å². The molecule has 0 spiro atoms. The number of amides is 3. The van der Waals surface area contributed by atoms with Crippen molar-refractivity contribution in [2.45, 2.75) is 6.61 Å². The Labute approximate surface area is 223 Å². The molecule has 2 saturated heterocycles. The Morgan fingerprint density at radius 2 is 1.83 bits per heavy atom. The van der Waals surface area contributed by atoms with E-state index in [9.17, 15) is 14.4 Å². The van der Waals surface area contributed by atoms with Crippen LogP contribution in [0, 0.1) is 0 Å². The van der Waals surface area contributed by atoms with Gasteiger partial charge in [0.1, 0.15) is 13.2 Å². The maximum Gasteiger partial charge on any atom is 0.294 e. The summed E-state index contributed by atoms with van der Waals surface area (Å²) in [7, 11) is 1.53. The highest BCUT2D eigenvalue weighted by atomic mass is 79.9. The fourth-order valence-corrected chi connectivity index (χ4v) is 5.03. The van der Waals surface area contributed by atoms with Crippen molar-refractivity contribution in [2.24, 2.45) is 0 Å². The lowest BCUT2D eigenvalue weighted by atomic mass is 10.1. The number of imide groups is 1. The number of rotatable bonds is 7. The van der Waals surface area contributed by atoms with E-state index in [0.717, 1.165) is 26.7 Å². The molecule has 3 amide bonds. The molecule has 2 aromatic rings. The van der Waals surface area contributed by atoms with Crippen molar-refractivity contribution >= 4 is 66.8 Å². The Kier molecular flexibility index (Phi) is 8.53. The Bertz CT molecular complexity index is 1170. The molecule has 11 heteroatoms. The minimum absolute atomic E-state index is 0.232. The van der Waals surface area contributed by atoms with Crippen LogP contribution in [0.25, 0.3) is 6.08 Å². The maximum absolute atomic E-state index is 12.9. The number of hydrogen-bond donors (Lipinski definition) is 0. The first-order valence-electron chi connectivity index (χ1n) is 10.7. The molecule has 0 N–H and O–H groups in total. The average molecular weight is 626 g/mol. The van der Waals surface area contributed by atoms with Crippen molar-refractivity contribution in [2.75, 3.05) is 40.0 Å². The van der Waals surface area contributed by atoms with E-state index in [1.807, 2.05) is 24.3 Å². The molecule has 0 aromatic heterocycles. The molecule has 184 valence electrons. The second-order valence-electron chi connectivity index (χ2n) is 7.70. The fourth-order valence-electron chi connectivity index (χ4n) is 3.50. The zero-order valence-electron chi connectivity index (χ0n) is 18.8. The minimum atomic E-state index is -0.497. The van der Waals surface area contributed by atoms with Gasteiger partial charge in [-0.15, -0.1) is 0 Å². The summed E-state index contributed by atoms with van der Waals surface area (Å²) in [6, 6.07) is 11.3. The van der Waals surface area contributed by atoms with Crippen LogP contribution in [-0.4, -0.2) is 66.8 Å². The number of benzene rings is 2. The fraction of sp³-hybridized carbons (Fsp3) is 0.292. The molecule has 2 heterocycles. The van der Waals surface area contributed by atoms with Crippen LogP contribution in [0.3, 0.4) is 0 Å². The van der Waals surface area contributed by atoms with Crippen LogP contribution >= 0.6 is 43.6 Å². The van der Waals surface area contributed by atoms with E-state index in [4.69, 9.17) is 14.2 Å². The van der Waals surface area contributed by atoms with E-state index < -0.39 is 11.1 Å². The highest BCUT2D eigenvalue weighted by Crippen LogP contribution is 2.38. The third-order valence-electron chi connectivity index (χ3n) is 5.41. The van der Waals surface area contributed by atoms with E-state index in [2.05, 4.69) is 31.9 Å². The number of methoxy groups -OCH3 is 1. The van der Waals surface area contributed by atoms with Crippen LogP contribution < -0.4 is 9.47 Å². The minimum Gasteiger partial charge on any atom is -0.493 e. The molecule has 2 aliphatic heterocycles. The average Bonchev–Trinajstić information content (AvgIpc) is 3.12. The first-order valence-corrected chi connectivity index (χ1v) is 13.1. The summed E-state index contributed by atoms with van der Waals surface area (Å²) in [4.78, 5) is 40.7. The predicted molar refractivity (Wildman–Crippen MR) is 139 cm³/mol. The molecule has 2 aromatic carbocycles. The zero-order chi connectivity index (χ0) is 24.9. The standard InChI is InChI=1S/C24H22Br2N2O6S/c1-32-19-10-16(18(26)12-20(19)34-14-15-2-4-17(25)5-3-15)11-21-23(30)28(24(31)35-21)13-22(29)27-6-8-33-9-7-27/h2-5,10-12H,6-9,13-14H2,1H3/b21-11+. The van der Waals surface area contributed by atoms with Crippen molar-refractivity contribution in [3.63, 3.8) is 0 Å². The second kappa shape index (κ2) is 11.6. The van der Waals surface area contributed by atoms with Gasteiger partial charge in [0.05, 0.1) is 25.2 Å². The van der Waals surface area contributed by atoms with Gasteiger partial charge in [-0.2, -0.15) is 0 Å². The number of carbonyl (C=O) groups excluding carboxylic acids is 3. The third-order valence-corrected chi connectivity index (χ3v) is 7.53. The summed E-state index contributed by atoms with van der Waals surface area (Å²) >= 11 is 7.74. The Morgan fingerprint density at radius 1 is 1.11 bits per heavy atom. The Balaban J connectivity index is 1.48. The highest BCUT2D eigenvalue weighted by molar-refractivity contribution is 9.10. The maximum atomic E-state index is 12.9. The molecule has 2 fully saturated rings. The van der Waals surface area contributed by atoms with Gasteiger partial charge in [-0.25, -0.2) is 0 Å². The molecule has 0 aliphatic carbocycles. The van der Waals surface area contributed by atoms with Crippen LogP contribution in [-0.2, 0) is 20.9 Å². The van der Waals surface area contributed by atoms with E-state index in [1.165, 1.54) is 7.11 Å². The first kappa shape index (κ1) is 25.7. The van der Waals surface area contributed by atoms with E-state index in [0.29, 0.717) is 54.4 Å². The van der Waals surface area contributed by atoms with Crippen LogP contribution in [0.4, 0.5) is 4.79 Å². The van der Waals surface area contributed by atoms with Crippen molar-refractivity contribution in [1.29, 1.82) is 0 Å². The topological polar surface area (TPSA) is 85.4 Å². The highest BCUT2D eigenvalue weighted by Gasteiger charge is 2.37. The van der Waals surface area contributed by atoms with Crippen LogP contribution in [0.2, 0.25) is 0 Å².